The van der Waals surface area contributed by atoms with E-state index in [-0.39, 0.29) is 104 Å². The van der Waals surface area contributed by atoms with Crippen molar-refractivity contribution in [3.63, 3.8) is 0 Å². The van der Waals surface area contributed by atoms with Gasteiger partial charge in [-0.15, -0.1) is 12.4 Å². The van der Waals surface area contributed by atoms with Crippen molar-refractivity contribution in [2.75, 3.05) is 13.2 Å². The molecule has 0 bridgehead atoms. The topological polar surface area (TPSA) is 284 Å². The zero-order valence-electron chi connectivity index (χ0n) is 62.9. The van der Waals surface area contributed by atoms with E-state index in [2.05, 4.69) is 0 Å². The molecule has 3 atom stereocenters. The number of rotatable bonds is 23. The van der Waals surface area contributed by atoms with Crippen LogP contribution in [0.25, 0.3) is 55.2 Å². The van der Waals surface area contributed by atoms with Crippen molar-refractivity contribution in [3.8, 4) is 39.5 Å². The van der Waals surface area contributed by atoms with Crippen molar-refractivity contribution in [1.82, 2.24) is 0 Å². The Labute approximate surface area is 660 Å². The van der Waals surface area contributed by atoms with E-state index in [1.165, 1.54) is 6.07 Å². The number of fused-ring (bicyclic) bond motifs is 3. The van der Waals surface area contributed by atoms with Crippen LogP contribution in [-0.4, -0.2) is 60.0 Å². The third-order valence-electron chi connectivity index (χ3n) is 18.2. The van der Waals surface area contributed by atoms with Crippen molar-refractivity contribution in [2.24, 2.45) is 17.2 Å². The van der Waals surface area contributed by atoms with Crippen LogP contribution in [0.5, 0.6) is 17.2 Å². The minimum absolute atomic E-state index is 0. The fraction of sp³-hybridized carbons (Fsp3) is 0.259. The number of aliphatic carboxylic acids is 1. The van der Waals surface area contributed by atoms with Crippen LogP contribution in [0.1, 0.15) is 131 Å². The maximum atomic E-state index is 15.3. The Bertz CT molecular complexity index is 5090. The summed E-state index contributed by atoms with van der Waals surface area (Å²) in [5.74, 6) is -0.889. The predicted octanol–water partition coefficient (Wildman–Crippen LogP) is 15.6. The fourth-order valence-corrected chi connectivity index (χ4v) is 12.3. The van der Waals surface area contributed by atoms with Crippen LogP contribution in [0.3, 0.4) is 0 Å². The van der Waals surface area contributed by atoms with Gasteiger partial charge in [-0.2, -0.15) is 0 Å². The second-order valence-corrected chi connectivity index (χ2v) is 27.1. The number of benzene rings is 9. The summed E-state index contributed by atoms with van der Waals surface area (Å²) in [6.45, 7) is 18.3. The average molecular weight is 1540 g/mol. The van der Waals surface area contributed by atoms with E-state index in [0.29, 0.717) is 92.7 Å². The first kappa shape index (κ1) is 87.4. The van der Waals surface area contributed by atoms with Crippen LogP contribution >= 0.6 is 24.0 Å². The zero-order valence-corrected chi connectivity index (χ0v) is 64.4. The average Bonchev–Trinajstić information content (AvgIpc) is 1.60. The molecule has 0 aliphatic carbocycles. The fourth-order valence-electron chi connectivity index (χ4n) is 12.1. The molecule has 25 heteroatoms. The summed E-state index contributed by atoms with van der Waals surface area (Å²) in [7, 11) is -0.537. The van der Waals surface area contributed by atoms with Gasteiger partial charge < -0.3 is 74.0 Å². The Morgan fingerprint density at radius 3 is 1.19 bits per heavy atom. The van der Waals surface area contributed by atoms with Crippen molar-refractivity contribution >= 4 is 87.4 Å². The van der Waals surface area contributed by atoms with Crippen LogP contribution in [0.15, 0.2) is 214 Å². The van der Waals surface area contributed by atoms with E-state index < -0.39 is 42.2 Å². The van der Waals surface area contributed by atoms with Crippen LogP contribution in [-0.2, 0) is 72.2 Å². The number of furan rings is 3. The van der Waals surface area contributed by atoms with E-state index in [1.807, 2.05) is 131 Å². The molecule has 0 unspecified atom stereocenters. The van der Waals surface area contributed by atoms with Gasteiger partial charge in [0.25, 0.3) is 0 Å². The Morgan fingerprint density at radius 2 is 0.818 bits per heavy atom. The van der Waals surface area contributed by atoms with Crippen molar-refractivity contribution in [1.29, 1.82) is 0 Å². The third kappa shape index (κ3) is 21.6. The van der Waals surface area contributed by atoms with Crippen molar-refractivity contribution in [3.05, 3.63) is 273 Å². The van der Waals surface area contributed by atoms with E-state index in [9.17, 15) is 18.8 Å². The number of esters is 2. The molecule has 4 heterocycles. The van der Waals surface area contributed by atoms with E-state index in [0.717, 1.165) is 55.0 Å². The van der Waals surface area contributed by atoms with E-state index in [4.69, 9.17) is 80.2 Å². The van der Waals surface area contributed by atoms with E-state index in [1.54, 1.807) is 126 Å². The Balaban J connectivity index is 0.000000211. The maximum Gasteiger partial charge on any atom is 1.00 e. The first-order chi connectivity index (χ1) is 51.2. The van der Waals surface area contributed by atoms with Crippen LogP contribution in [0.2, 0.25) is 5.02 Å². The molecule has 0 spiro atoms. The standard InChI is InChI=1S/C27H26FNO4.C25H29BO6.C25H22FNO4.C8H9ClFN.ClH.Li.H2O/c1-3-31-25(30)15-19-7-4-5-10-24(19)33-16-18-13-20-11-12-32-27(20)23(14-18)22-9-6-8-21(17(2)29)26(22)28;1-6-28-22(27)15-18-9-7-8-10-21(18)30-16-17-13-19-11-12-29-23(19)20(14-17)26-31-24(2,3)25(4,5)32-26;1-15(27)19-6-4-7-20(24(19)26)21-12-16(11-18-9-10-30-25(18)21)14-31-22-8-3-2-5-17(22)13-23(28)29;1-5(11)6-3-2-4-7(9)8(6)10;;;/h4-14,17H,3,15-16,29H2,1-2H3;7-14H,6,15-16H2,1-5H3;2-12,15H,13-14,27H2,1H3,(H,28,29);2-5H,11H2,1H3;1H;;1H2/q;;;;;+1;/p-1/t17-;;15-;5-;;;/m0.00.../s1. The molecule has 1 fully saturated rings. The summed E-state index contributed by atoms with van der Waals surface area (Å²) in [6, 6.07) is 53.0. The van der Waals surface area contributed by atoms with Crippen molar-refractivity contribution < 1.29 is 103 Å². The second kappa shape index (κ2) is 39.7. The number of para-hydroxylation sites is 3. The molecule has 0 saturated carbocycles. The van der Waals surface area contributed by atoms with Gasteiger partial charge in [0.2, 0.25) is 0 Å². The summed E-state index contributed by atoms with van der Waals surface area (Å²) in [6.07, 6.45) is 4.99. The molecule has 9 aromatic carbocycles. The number of carbonyl (C=O) groups is 3. The van der Waals surface area contributed by atoms with E-state index >= 15 is 8.78 Å². The molecular weight excluding hydrogens is 1450 g/mol. The van der Waals surface area contributed by atoms with Gasteiger partial charge in [-0.25, -0.2) is 13.2 Å². The number of carboxylic acid groups (broad SMARTS) is 1. The number of nitrogens with two attached hydrogens (primary N) is 3. The van der Waals surface area contributed by atoms with Gasteiger partial charge in [0.1, 0.15) is 71.3 Å². The smallest absolute Gasteiger partial charge is 0.870 e. The number of ether oxygens (including phenoxy) is 5. The number of hydrogen-bond donors (Lipinski definition) is 4. The van der Waals surface area contributed by atoms with Crippen LogP contribution < -0.4 is 55.7 Å². The third-order valence-corrected chi connectivity index (χ3v) is 18.5. The Hall–Kier alpha value is -9.80. The number of halogens is 5. The van der Waals surface area contributed by atoms with Gasteiger partial charge in [0.15, 0.2) is 0 Å². The second-order valence-electron chi connectivity index (χ2n) is 26.7. The Kier molecular flexibility index (Phi) is 31.6. The molecule has 0 amide bonds. The summed E-state index contributed by atoms with van der Waals surface area (Å²) in [5, 5.41) is 11.9. The molecule has 12 aromatic rings. The molecule has 1 aliphatic rings. The van der Waals surface area contributed by atoms with Gasteiger partial charge in [-0.05, 0) is 152 Å². The molecule has 18 nitrogen and oxygen atoms in total. The summed E-state index contributed by atoms with van der Waals surface area (Å²) >= 11 is 5.53. The minimum Gasteiger partial charge on any atom is -0.870 e. The molecule has 1 aliphatic heterocycles. The van der Waals surface area contributed by atoms with Gasteiger partial charge >= 0.3 is 43.9 Å². The zero-order chi connectivity index (χ0) is 76.7. The number of carbonyl (C=O) groups excluding carboxylic acids is 2. The molecule has 13 rings (SSSR count). The SMILES string of the molecule is CCOC(=O)Cc1ccccc1OCc1cc(-c2cccc([C@H](C)N)c2F)c2occc2c1.CCOC(=O)Cc1ccccc1OCc1cc(B2OC(C)(C)C(C)(C)O2)c2occc2c1.C[C@H](N)c1cccc(-c2cc(COc3ccccc3CC(=O)O)cc3ccoc23)c1F.C[C@H](N)c1cccc(Cl)c1F.Cl.[Li+].[OH-]. The summed E-state index contributed by atoms with van der Waals surface area (Å²) < 4.78 is 101. The number of carboxylic acids is 1. The molecule has 3 aromatic heterocycles. The normalized spacial score (nSPS) is 13.3. The largest absolute Gasteiger partial charge is 1.00 e. The van der Waals surface area contributed by atoms with Crippen molar-refractivity contribution in [2.45, 2.75) is 131 Å². The monoisotopic (exact) mass is 1540 g/mol. The first-order valence-corrected chi connectivity index (χ1v) is 35.4. The molecule has 0 radical (unpaired) electrons. The molecular formula is C85H88BCl2F3LiN3O15. The maximum absolute atomic E-state index is 15.3. The summed E-state index contributed by atoms with van der Waals surface area (Å²) in [5.41, 5.74) is 27.4. The van der Waals surface area contributed by atoms with Crippen LogP contribution in [0.4, 0.5) is 13.2 Å². The minimum atomic E-state index is -0.928. The van der Waals surface area contributed by atoms with Gasteiger partial charge in [-0.1, -0.05) is 121 Å². The van der Waals surface area contributed by atoms with Gasteiger partial charge in [0, 0.05) is 95.4 Å². The molecule has 1 saturated heterocycles. The van der Waals surface area contributed by atoms with Crippen LogP contribution in [0, 0.1) is 17.5 Å². The number of hydrogen-bond acceptors (Lipinski definition) is 17. The predicted molar refractivity (Wildman–Crippen MR) is 418 cm³/mol. The quantitative estimate of drug-likeness (QED) is 0.0342. The first-order valence-electron chi connectivity index (χ1n) is 35.0. The molecule has 110 heavy (non-hydrogen) atoms. The van der Waals surface area contributed by atoms with Gasteiger partial charge in [-0.3, -0.25) is 14.4 Å². The summed E-state index contributed by atoms with van der Waals surface area (Å²) in [4.78, 5) is 35.0. The Morgan fingerprint density at radius 1 is 0.473 bits per heavy atom. The van der Waals surface area contributed by atoms with Gasteiger partial charge in [0.05, 0.1) is 67.5 Å². The molecule has 572 valence electrons. The molecule has 8 N–H and O–H groups in total.